The first-order valence-electron chi connectivity index (χ1n) is 7.66. The average Bonchev–Trinajstić information content (AvgIpc) is 2.56. The summed E-state index contributed by atoms with van der Waals surface area (Å²) in [6.07, 6.45) is 0. The van der Waals surface area contributed by atoms with Crippen LogP contribution in [0.5, 0.6) is 0 Å². The Hall–Kier alpha value is -2.93. The van der Waals surface area contributed by atoms with E-state index in [1.807, 2.05) is 0 Å². The Morgan fingerprint density at radius 3 is 2.50 bits per heavy atom. The first kappa shape index (κ1) is 17.9. The SMILES string of the molecule is CC1=C(C(=O)Nc2ccc(F)cc2)[C@H](c2c(F)cccc2Cl)NC(=O)N1. The van der Waals surface area contributed by atoms with Crippen LogP contribution in [0.1, 0.15) is 18.5 Å². The first-order valence-corrected chi connectivity index (χ1v) is 8.03. The smallest absolute Gasteiger partial charge is 0.319 e. The summed E-state index contributed by atoms with van der Waals surface area (Å²) >= 11 is 6.10. The highest BCUT2D eigenvalue weighted by Crippen LogP contribution is 2.33. The fourth-order valence-electron chi connectivity index (χ4n) is 2.73. The molecule has 134 valence electrons. The number of carbonyl (C=O) groups is 2. The van der Waals surface area contributed by atoms with Crippen molar-refractivity contribution in [2.45, 2.75) is 13.0 Å². The Morgan fingerprint density at radius 1 is 1.15 bits per heavy atom. The first-order chi connectivity index (χ1) is 12.4. The summed E-state index contributed by atoms with van der Waals surface area (Å²) in [5.74, 6) is -1.67. The quantitative estimate of drug-likeness (QED) is 0.759. The molecule has 0 radical (unpaired) electrons. The fourth-order valence-corrected chi connectivity index (χ4v) is 3.00. The fraction of sp³-hybridized carbons (Fsp3) is 0.111. The monoisotopic (exact) mass is 377 g/mol. The lowest BCUT2D eigenvalue weighted by Crippen LogP contribution is -2.46. The maximum Gasteiger partial charge on any atom is 0.319 e. The van der Waals surface area contributed by atoms with Gasteiger partial charge < -0.3 is 16.0 Å². The van der Waals surface area contributed by atoms with Gasteiger partial charge in [0, 0.05) is 22.0 Å². The molecule has 3 rings (SSSR count). The van der Waals surface area contributed by atoms with Gasteiger partial charge in [-0.15, -0.1) is 0 Å². The van der Waals surface area contributed by atoms with Gasteiger partial charge in [-0.05, 0) is 43.3 Å². The van der Waals surface area contributed by atoms with Crippen molar-refractivity contribution in [3.8, 4) is 0 Å². The van der Waals surface area contributed by atoms with Gasteiger partial charge in [-0.25, -0.2) is 13.6 Å². The second-order valence-electron chi connectivity index (χ2n) is 5.67. The van der Waals surface area contributed by atoms with Gasteiger partial charge in [-0.1, -0.05) is 17.7 Å². The molecule has 3 N–H and O–H groups in total. The molecule has 0 fully saturated rings. The third-order valence-corrected chi connectivity index (χ3v) is 4.23. The van der Waals surface area contributed by atoms with Crippen molar-refractivity contribution < 1.29 is 18.4 Å². The van der Waals surface area contributed by atoms with Crippen LogP contribution in [0.4, 0.5) is 19.3 Å². The molecule has 26 heavy (non-hydrogen) atoms. The third kappa shape index (κ3) is 3.52. The molecule has 8 heteroatoms. The van der Waals surface area contributed by atoms with Crippen LogP contribution >= 0.6 is 11.6 Å². The zero-order valence-electron chi connectivity index (χ0n) is 13.6. The third-order valence-electron chi connectivity index (χ3n) is 3.90. The number of carbonyl (C=O) groups excluding carboxylic acids is 2. The van der Waals surface area contributed by atoms with Gasteiger partial charge >= 0.3 is 6.03 Å². The maximum atomic E-state index is 14.3. The summed E-state index contributed by atoms with van der Waals surface area (Å²) in [6, 6.07) is 7.62. The van der Waals surface area contributed by atoms with E-state index in [2.05, 4.69) is 16.0 Å². The highest BCUT2D eigenvalue weighted by atomic mass is 35.5. The minimum atomic E-state index is -1.07. The van der Waals surface area contributed by atoms with Gasteiger partial charge in [0.1, 0.15) is 11.6 Å². The summed E-state index contributed by atoms with van der Waals surface area (Å²) in [4.78, 5) is 24.6. The molecule has 3 amide bonds. The van der Waals surface area contributed by atoms with Gasteiger partial charge in [0.2, 0.25) is 0 Å². The van der Waals surface area contributed by atoms with Crippen molar-refractivity contribution >= 4 is 29.2 Å². The zero-order valence-corrected chi connectivity index (χ0v) is 14.3. The molecule has 2 aromatic carbocycles. The number of benzene rings is 2. The summed E-state index contributed by atoms with van der Waals surface area (Å²) in [5, 5.41) is 7.69. The molecule has 2 aromatic rings. The highest BCUT2D eigenvalue weighted by molar-refractivity contribution is 6.31. The molecule has 0 spiro atoms. The molecule has 1 heterocycles. The molecule has 0 aromatic heterocycles. The Bertz CT molecular complexity index is 893. The Kier molecular flexibility index (Phi) is 4.90. The second kappa shape index (κ2) is 7.13. The lowest BCUT2D eigenvalue weighted by atomic mass is 9.94. The number of halogens is 3. The van der Waals surface area contributed by atoms with Crippen LogP contribution in [0.3, 0.4) is 0 Å². The summed E-state index contributed by atoms with van der Waals surface area (Å²) < 4.78 is 27.4. The van der Waals surface area contributed by atoms with Crippen LogP contribution < -0.4 is 16.0 Å². The minimum Gasteiger partial charge on any atom is -0.327 e. The summed E-state index contributed by atoms with van der Waals surface area (Å²) in [7, 11) is 0. The molecule has 0 unspecified atom stereocenters. The van der Waals surface area contributed by atoms with E-state index in [1.54, 1.807) is 0 Å². The van der Waals surface area contributed by atoms with E-state index >= 15 is 0 Å². The van der Waals surface area contributed by atoms with Crippen LogP contribution in [-0.4, -0.2) is 11.9 Å². The van der Waals surface area contributed by atoms with E-state index in [0.29, 0.717) is 5.69 Å². The molecule has 1 aliphatic rings. The van der Waals surface area contributed by atoms with E-state index in [1.165, 1.54) is 49.4 Å². The van der Waals surface area contributed by atoms with Crippen LogP contribution in [-0.2, 0) is 4.79 Å². The number of urea groups is 1. The summed E-state index contributed by atoms with van der Waals surface area (Å²) in [5.41, 5.74) is 0.707. The predicted molar refractivity (Wildman–Crippen MR) is 93.5 cm³/mol. The van der Waals surface area contributed by atoms with Crippen LogP contribution in [0, 0.1) is 11.6 Å². The van der Waals surface area contributed by atoms with Crippen molar-refractivity contribution in [2.75, 3.05) is 5.32 Å². The molecule has 0 saturated carbocycles. The maximum absolute atomic E-state index is 14.3. The molecule has 5 nitrogen and oxygen atoms in total. The Balaban J connectivity index is 2.00. The van der Waals surface area contributed by atoms with E-state index < -0.39 is 29.6 Å². The number of hydrogen-bond donors (Lipinski definition) is 3. The van der Waals surface area contributed by atoms with E-state index in [4.69, 9.17) is 11.6 Å². The number of allylic oxidation sites excluding steroid dienone is 1. The molecular formula is C18H14ClF2N3O2. The van der Waals surface area contributed by atoms with Crippen molar-refractivity contribution in [2.24, 2.45) is 0 Å². The molecule has 0 aliphatic carbocycles. The van der Waals surface area contributed by atoms with E-state index in [0.717, 1.165) is 0 Å². The Labute approximate surface area is 153 Å². The minimum absolute atomic E-state index is 0.00683. The van der Waals surface area contributed by atoms with Crippen LogP contribution in [0.2, 0.25) is 5.02 Å². The molecule has 0 bridgehead atoms. The van der Waals surface area contributed by atoms with Crippen LogP contribution in [0.15, 0.2) is 53.7 Å². The van der Waals surface area contributed by atoms with Gasteiger partial charge in [0.05, 0.1) is 11.6 Å². The molecular weight excluding hydrogens is 364 g/mol. The molecule has 1 aliphatic heterocycles. The van der Waals surface area contributed by atoms with Crippen molar-refractivity contribution in [3.63, 3.8) is 0 Å². The van der Waals surface area contributed by atoms with E-state index in [9.17, 15) is 18.4 Å². The normalized spacial score (nSPS) is 16.8. The number of amides is 3. The van der Waals surface area contributed by atoms with E-state index in [-0.39, 0.29) is 21.9 Å². The number of hydrogen-bond acceptors (Lipinski definition) is 2. The number of anilines is 1. The number of nitrogens with one attached hydrogen (secondary N) is 3. The van der Waals surface area contributed by atoms with Gasteiger partial charge in [-0.2, -0.15) is 0 Å². The Morgan fingerprint density at radius 2 is 1.85 bits per heavy atom. The largest absolute Gasteiger partial charge is 0.327 e. The second-order valence-corrected chi connectivity index (χ2v) is 6.07. The zero-order chi connectivity index (χ0) is 18.8. The average molecular weight is 378 g/mol. The van der Waals surface area contributed by atoms with Crippen LogP contribution in [0.25, 0.3) is 0 Å². The lowest BCUT2D eigenvalue weighted by molar-refractivity contribution is -0.113. The number of rotatable bonds is 3. The lowest BCUT2D eigenvalue weighted by Gasteiger charge is -2.29. The van der Waals surface area contributed by atoms with Gasteiger partial charge in [-0.3, -0.25) is 4.79 Å². The predicted octanol–water partition coefficient (Wildman–Crippen LogP) is 3.88. The topological polar surface area (TPSA) is 70.2 Å². The van der Waals surface area contributed by atoms with Crippen molar-refractivity contribution in [1.82, 2.24) is 10.6 Å². The van der Waals surface area contributed by atoms with Crippen molar-refractivity contribution in [1.29, 1.82) is 0 Å². The molecule has 0 saturated heterocycles. The highest BCUT2D eigenvalue weighted by Gasteiger charge is 2.34. The molecule has 1 atom stereocenters. The van der Waals surface area contributed by atoms with Crippen molar-refractivity contribution in [3.05, 3.63) is 76.0 Å². The standard InChI is InChI=1S/C18H14ClF2N3O2/c1-9-14(17(25)23-11-7-5-10(20)6-8-11)16(24-18(26)22-9)15-12(19)3-2-4-13(15)21/h2-8,16H,1H3,(H,23,25)(H2,22,24,26)/t16-/m1/s1. The van der Waals surface area contributed by atoms with Gasteiger partial charge in [0.15, 0.2) is 0 Å². The van der Waals surface area contributed by atoms with Gasteiger partial charge in [0.25, 0.3) is 5.91 Å². The summed E-state index contributed by atoms with van der Waals surface area (Å²) in [6.45, 7) is 1.53.